The number of hydrogen-bond acceptors (Lipinski definition) is 1. The predicted molar refractivity (Wildman–Crippen MR) is 75.0 cm³/mol. The number of nitrogens with one attached hydrogen (secondary N) is 1. The summed E-state index contributed by atoms with van der Waals surface area (Å²) in [5.74, 6) is -0.0396. The number of nitrogens with zero attached hydrogens (tertiary/aromatic N) is 1. The van der Waals surface area contributed by atoms with Crippen LogP contribution in [-0.2, 0) is 12.5 Å². The van der Waals surface area contributed by atoms with Gasteiger partial charge in [-0.25, -0.2) is 0 Å². The number of carbonyl (C=O) groups excluding carboxylic acids is 1. The lowest BCUT2D eigenvalue weighted by atomic mass is 9.84. The van der Waals surface area contributed by atoms with Crippen LogP contribution < -0.4 is 5.32 Å². The molecule has 0 radical (unpaired) electrons. The molecule has 1 aromatic heterocycles. The van der Waals surface area contributed by atoms with Gasteiger partial charge in [0.2, 0.25) is 0 Å². The molecule has 3 nitrogen and oxygen atoms in total. The lowest BCUT2D eigenvalue weighted by Gasteiger charge is -2.21. The van der Waals surface area contributed by atoms with Crippen molar-refractivity contribution >= 4 is 16.8 Å². The quantitative estimate of drug-likeness (QED) is 0.822. The van der Waals surface area contributed by atoms with Crippen molar-refractivity contribution in [2.75, 3.05) is 7.05 Å². The molecular formula is C15H20N2O. The first-order chi connectivity index (χ1) is 8.36. The van der Waals surface area contributed by atoms with Crippen molar-refractivity contribution in [3.05, 3.63) is 35.5 Å². The van der Waals surface area contributed by atoms with E-state index in [9.17, 15) is 4.79 Å². The maximum Gasteiger partial charge on any atom is 0.253 e. The Bertz CT molecular complexity index is 603. The summed E-state index contributed by atoms with van der Waals surface area (Å²) in [6.45, 7) is 6.57. The standard InChI is InChI=1S/C15H20N2O/c1-15(2,3)12-7-6-11(14(18)16-4)13-10(12)8-9-17(13)5/h6-9H,1-5H3,(H,16,18). The monoisotopic (exact) mass is 244 g/mol. The van der Waals surface area contributed by atoms with E-state index in [4.69, 9.17) is 0 Å². The molecule has 1 aromatic carbocycles. The Morgan fingerprint density at radius 3 is 2.44 bits per heavy atom. The van der Waals surface area contributed by atoms with Crippen molar-refractivity contribution in [1.29, 1.82) is 0 Å². The summed E-state index contributed by atoms with van der Waals surface area (Å²) < 4.78 is 2.01. The van der Waals surface area contributed by atoms with Crippen LogP contribution in [-0.4, -0.2) is 17.5 Å². The topological polar surface area (TPSA) is 34.0 Å². The van der Waals surface area contributed by atoms with Gasteiger partial charge in [0.15, 0.2) is 0 Å². The average Bonchev–Trinajstić information content (AvgIpc) is 2.68. The molecule has 0 saturated heterocycles. The van der Waals surface area contributed by atoms with Crippen molar-refractivity contribution in [1.82, 2.24) is 9.88 Å². The Kier molecular flexibility index (Phi) is 2.93. The van der Waals surface area contributed by atoms with Gasteiger partial charge >= 0.3 is 0 Å². The molecule has 0 saturated carbocycles. The largest absolute Gasteiger partial charge is 0.355 e. The summed E-state index contributed by atoms with van der Waals surface area (Å²) >= 11 is 0. The van der Waals surface area contributed by atoms with E-state index in [1.807, 2.05) is 23.9 Å². The smallest absolute Gasteiger partial charge is 0.253 e. The highest BCUT2D eigenvalue weighted by Crippen LogP contribution is 2.32. The van der Waals surface area contributed by atoms with Crippen LogP contribution >= 0.6 is 0 Å². The van der Waals surface area contributed by atoms with Crippen LogP contribution in [0.15, 0.2) is 24.4 Å². The second-order valence-electron chi connectivity index (χ2n) is 5.68. The minimum atomic E-state index is -0.0396. The van der Waals surface area contributed by atoms with Gasteiger partial charge in [-0.15, -0.1) is 0 Å². The Morgan fingerprint density at radius 1 is 1.22 bits per heavy atom. The average molecular weight is 244 g/mol. The van der Waals surface area contributed by atoms with E-state index in [2.05, 4.69) is 38.2 Å². The molecule has 0 aliphatic heterocycles. The van der Waals surface area contributed by atoms with Crippen LogP contribution in [0.25, 0.3) is 10.9 Å². The molecule has 0 aliphatic rings. The number of hydrogen-bond donors (Lipinski definition) is 1. The molecule has 0 spiro atoms. The van der Waals surface area contributed by atoms with Gasteiger partial charge in [-0.05, 0) is 23.1 Å². The van der Waals surface area contributed by atoms with Gasteiger partial charge in [0.1, 0.15) is 0 Å². The molecule has 18 heavy (non-hydrogen) atoms. The summed E-state index contributed by atoms with van der Waals surface area (Å²) in [7, 11) is 3.63. The van der Waals surface area contributed by atoms with Crippen LogP contribution in [0.5, 0.6) is 0 Å². The molecule has 0 aliphatic carbocycles. The molecule has 3 heteroatoms. The van der Waals surface area contributed by atoms with Gasteiger partial charge in [0.05, 0.1) is 11.1 Å². The first-order valence-corrected chi connectivity index (χ1v) is 6.17. The Balaban J connectivity index is 2.80. The number of aryl methyl sites for hydroxylation is 1. The van der Waals surface area contributed by atoms with Gasteiger partial charge in [0, 0.05) is 25.7 Å². The highest BCUT2D eigenvalue weighted by molar-refractivity contribution is 6.06. The van der Waals surface area contributed by atoms with Crippen LogP contribution in [0.2, 0.25) is 0 Å². The zero-order chi connectivity index (χ0) is 13.5. The number of rotatable bonds is 1. The number of aromatic nitrogens is 1. The molecule has 0 atom stereocenters. The van der Waals surface area contributed by atoms with Crippen molar-refractivity contribution < 1.29 is 4.79 Å². The molecule has 1 amide bonds. The molecule has 0 unspecified atom stereocenters. The molecule has 2 rings (SSSR count). The van der Waals surface area contributed by atoms with Crippen LogP contribution in [0.4, 0.5) is 0 Å². The van der Waals surface area contributed by atoms with Crippen LogP contribution in [0, 0.1) is 0 Å². The SMILES string of the molecule is CNC(=O)c1ccc(C(C)(C)C)c2ccn(C)c12. The van der Waals surface area contributed by atoms with Crippen LogP contribution in [0.1, 0.15) is 36.7 Å². The molecule has 96 valence electrons. The van der Waals surface area contributed by atoms with E-state index in [-0.39, 0.29) is 11.3 Å². The maximum absolute atomic E-state index is 11.9. The zero-order valence-corrected chi connectivity index (χ0v) is 11.7. The van der Waals surface area contributed by atoms with E-state index in [0.29, 0.717) is 0 Å². The number of carbonyl (C=O) groups is 1. The lowest BCUT2D eigenvalue weighted by molar-refractivity contribution is 0.0964. The van der Waals surface area contributed by atoms with E-state index in [1.54, 1.807) is 7.05 Å². The number of benzene rings is 1. The van der Waals surface area contributed by atoms with E-state index in [1.165, 1.54) is 5.56 Å². The normalized spacial score (nSPS) is 11.8. The number of amides is 1. The molecule has 0 bridgehead atoms. The second kappa shape index (κ2) is 4.16. The van der Waals surface area contributed by atoms with Crippen molar-refractivity contribution in [3.8, 4) is 0 Å². The number of fused-ring (bicyclic) bond motifs is 1. The third-order valence-electron chi connectivity index (χ3n) is 3.31. The van der Waals surface area contributed by atoms with E-state index < -0.39 is 0 Å². The molecule has 1 N–H and O–H groups in total. The Morgan fingerprint density at radius 2 is 1.89 bits per heavy atom. The zero-order valence-electron chi connectivity index (χ0n) is 11.7. The fraction of sp³-hybridized carbons (Fsp3) is 0.400. The van der Waals surface area contributed by atoms with Crippen molar-refractivity contribution in [2.24, 2.45) is 7.05 Å². The summed E-state index contributed by atoms with van der Waals surface area (Å²) in [5.41, 5.74) is 3.07. The third-order valence-corrected chi connectivity index (χ3v) is 3.31. The van der Waals surface area contributed by atoms with Gasteiger partial charge in [0.25, 0.3) is 5.91 Å². The van der Waals surface area contributed by atoms with Gasteiger partial charge in [-0.3, -0.25) is 4.79 Å². The first-order valence-electron chi connectivity index (χ1n) is 6.17. The summed E-state index contributed by atoms with van der Waals surface area (Å²) in [5, 5.41) is 3.85. The third kappa shape index (κ3) is 1.90. The molecular weight excluding hydrogens is 224 g/mol. The van der Waals surface area contributed by atoms with Crippen LogP contribution in [0.3, 0.4) is 0 Å². The highest BCUT2D eigenvalue weighted by atomic mass is 16.1. The van der Waals surface area contributed by atoms with Crippen molar-refractivity contribution in [3.63, 3.8) is 0 Å². The lowest BCUT2D eigenvalue weighted by Crippen LogP contribution is -2.20. The van der Waals surface area contributed by atoms with E-state index >= 15 is 0 Å². The Labute approximate surface area is 108 Å². The fourth-order valence-electron chi connectivity index (χ4n) is 2.39. The molecule has 1 heterocycles. The van der Waals surface area contributed by atoms with Crippen molar-refractivity contribution in [2.45, 2.75) is 26.2 Å². The highest BCUT2D eigenvalue weighted by Gasteiger charge is 2.21. The summed E-state index contributed by atoms with van der Waals surface area (Å²) in [6.07, 6.45) is 2.01. The Hall–Kier alpha value is -1.77. The molecule has 2 aromatic rings. The van der Waals surface area contributed by atoms with Gasteiger partial charge < -0.3 is 9.88 Å². The molecule has 0 fully saturated rings. The van der Waals surface area contributed by atoms with Gasteiger partial charge in [-0.2, -0.15) is 0 Å². The minimum Gasteiger partial charge on any atom is -0.355 e. The van der Waals surface area contributed by atoms with E-state index in [0.717, 1.165) is 16.5 Å². The predicted octanol–water partition coefficient (Wildman–Crippen LogP) is 2.84. The summed E-state index contributed by atoms with van der Waals surface area (Å²) in [4.78, 5) is 11.9. The summed E-state index contributed by atoms with van der Waals surface area (Å²) in [6, 6.07) is 6.07. The first kappa shape index (κ1) is 12.7. The second-order valence-corrected chi connectivity index (χ2v) is 5.68. The fourth-order valence-corrected chi connectivity index (χ4v) is 2.39. The minimum absolute atomic E-state index is 0.0396. The maximum atomic E-state index is 11.9. The van der Waals surface area contributed by atoms with Gasteiger partial charge in [-0.1, -0.05) is 26.8 Å².